The van der Waals surface area contributed by atoms with Crippen LogP contribution in [0.4, 0.5) is 5.69 Å². The molecule has 1 amide bonds. The second-order valence-electron chi connectivity index (χ2n) is 4.78. The molecule has 1 aliphatic carbocycles. The molecule has 0 saturated heterocycles. The minimum atomic E-state index is -3.80. The highest BCUT2D eigenvalue weighted by atomic mass is 32.2. The van der Waals surface area contributed by atoms with Crippen LogP contribution in [0, 0.1) is 0 Å². The Labute approximate surface area is 129 Å². The van der Waals surface area contributed by atoms with Crippen LogP contribution in [0.5, 0.6) is 0 Å². The van der Waals surface area contributed by atoms with E-state index in [2.05, 4.69) is 5.32 Å². The van der Waals surface area contributed by atoms with Gasteiger partial charge in [0, 0.05) is 17.9 Å². The summed E-state index contributed by atoms with van der Waals surface area (Å²) in [4.78, 5) is 12.1. The van der Waals surface area contributed by atoms with Gasteiger partial charge in [0.2, 0.25) is 10.0 Å². The normalized spacial score (nSPS) is 17.9. The summed E-state index contributed by atoms with van der Waals surface area (Å²) in [5.41, 5.74) is 0.884. The first-order valence-corrected chi connectivity index (χ1v) is 8.39. The molecule has 22 heavy (non-hydrogen) atoms. The Hall–Kier alpha value is -1.96. The van der Waals surface area contributed by atoms with Crippen molar-refractivity contribution < 1.29 is 17.9 Å². The van der Waals surface area contributed by atoms with Crippen molar-refractivity contribution in [1.82, 2.24) is 0 Å². The van der Waals surface area contributed by atoms with Crippen molar-refractivity contribution in [3.05, 3.63) is 48.1 Å². The molecule has 1 atom stereocenters. The number of carbonyl (C=O) groups excluding carboxylic acids is 1. The standard InChI is InChI=1S/C15H18N2O4S/c1-2-21-13-8-6-11(7-9-13)15(18)17-12-4-3-5-14(10-12)22(16,19)20/h3-8,10,13H,2,9H2,1H3,(H,17,18)(H2,16,19,20). The molecule has 0 aromatic heterocycles. The van der Waals surface area contributed by atoms with E-state index in [9.17, 15) is 13.2 Å². The third-order valence-corrected chi connectivity index (χ3v) is 4.03. The highest BCUT2D eigenvalue weighted by Crippen LogP contribution is 2.18. The van der Waals surface area contributed by atoms with Gasteiger partial charge in [0.15, 0.2) is 0 Å². The quantitative estimate of drug-likeness (QED) is 0.859. The first kappa shape index (κ1) is 16.4. The van der Waals surface area contributed by atoms with Crippen LogP contribution >= 0.6 is 0 Å². The third-order valence-electron chi connectivity index (χ3n) is 3.12. The van der Waals surface area contributed by atoms with E-state index in [0.717, 1.165) is 0 Å². The van der Waals surface area contributed by atoms with Crippen molar-refractivity contribution in [3.8, 4) is 0 Å². The SMILES string of the molecule is CCOC1C=CC(C(=O)Nc2cccc(S(N)(=O)=O)c2)=CC1. The second kappa shape index (κ2) is 6.87. The van der Waals surface area contributed by atoms with Crippen molar-refractivity contribution in [1.29, 1.82) is 0 Å². The molecule has 0 radical (unpaired) electrons. The Kier molecular flexibility index (Phi) is 5.12. The van der Waals surface area contributed by atoms with Crippen LogP contribution in [0.1, 0.15) is 13.3 Å². The monoisotopic (exact) mass is 322 g/mol. The van der Waals surface area contributed by atoms with E-state index >= 15 is 0 Å². The summed E-state index contributed by atoms with van der Waals surface area (Å²) in [6.45, 7) is 2.53. The maximum Gasteiger partial charge on any atom is 0.255 e. The maximum atomic E-state index is 12.1. The summed E-state index contributed by atoms with van der Waals surface area (Å²) in [6, 6.07) is 5.81. The number of benzene rings is 1. The number of nitrogens with one attached hydrogen (secondary N) is 1. The van der Waals surface area contributed by atoms with Gasteiger partial charge in [0.05, 0.1) is 11.0 Å². The summed E-state index contributed by atoms with van der Waals surface area (Å²) in [6.07, 6.45) is 5.94. The Morgan fingerprint density at radius 3 is 2.82 bits per heavy atom. The van der Waals surface area contributed by atoms with Crippen LogP contribution in [-0.4, -0.2) is 27.0 Å². The number of sulfonamides is 1. The molecule has 0 fully saturated rings. The Morgan fingerprint density at radius 1 is 1.45 bits per heavy atom. The second-order valence-corrected chi connectivity index (χ2v) is 6.34. The predicted molar refractivity (Wildman–Crippen MR) is 83.7 cm³/mol. The van der Waals surface area contributed by atoms with Gasteiger partial charge in [-0.2, -0.15) is 0 Å². The molecule has 0 spiro atoms. The molecule has 6 nitrogen and oxygen atoms in total. The van der Waals surface area contributed by atoms with Crippen molar-refractivity contribution in [2.24, 2.45) is 5.14 Å². The lowest BCUT2D eigenvalue weighted by molar-refractivity contribution is -0.112. The van der Waals surface area contributed by atoms with E-state index in [0.29, 0.717) is 24.3 Å². The zero-order valence-electron chi connectivity index (χ0n) is 12.2. The van der Waals surface area contributed by atoms with Gasteiger partial charge in [-0.3, -0.25) is 4.79 Å². The number of rotatable bonds is 5. The van der Waals surface area contributed by atoms with Crippen LogP contribution < -0.4 is 10.5 Å². The van der Waals surface area contributed by atoms with Gasteiger partial charge in [0.1, 0.15) is 0 Å². The van der Waals surface area contributed by atoms with Gasteiger partial charge in [-0.1, -0.05) is 24.3 Å². The molecule has 1 aromatic rings. The van der Waals surface area contributed by atoms with E-state index in [1.165, 1.54) is 18.2 Å². The number of nitrogens with two attached hydrogens (primary N) is 1. The van der Waals surface area contributed by atoms with Crippen molar-refractivity contribution in [2.45, 2.75) is 24.3 Å². The van der Waals surface area contributed by atoms with E-state index in [1.807, 2.05) is 13.0 Å². The smallest absolute Gasteiger partial charge is 0.255 e. The van der Waals surface area contributed by atoms with Gasteiger partial charge >= 0.3 is 0 Å². The molecule has 1 aromatic carbocycles. The zero-order chi connectivity index (χ0) is 16.2. The molecule has 3 N–H and O–H groups in total. The number of amides is 1. The summed E-state index contributed by atoms with van der Waals surface area (Å²) in [5, 5.41) is 7.72. The topological polar surface area (TPSA) is 98.5 Å². The van der Waals surface area contributed by atoms with Gasteiger partial charge in [-0.05, 0) is 31.5 Å². The Morgan fingerprint density at radius 2 is 2.23 bits per heavy atom. The fourth-order valence-electron chi connectivity index (χ4n) is 2.06. The van der Waals surface area contributed by atoms with E-state index in [4.69, 9.17) is 9.88 Å². The van der Waals surface area contributed by atoms with Gasteiger partial charge < -0.3 is 10.1 Å². The molecule has 1 aliphatic rings. The minimum absolute atomic E-state index is 0.00717. The van der Waals surface area contributed by atoms with Crippen molar-refractivity contribution >= 4 is 21.6 Å². The van der Waals surface area contributed by atoms with Crippen molar-refractivity contribution in [3.63, 3.8) is 0 Å². The fourth-order valence-corrected chi connectivity index (χ4v) is 2.62. The lowest BCUT2D eigenvalue weighted by atomic mass is 10.0. The fraction of sp³-hybridized carbons (Fsp3) is 0.267. The molecule has 0 heterocycles. The Balaban J connectivity index is 2.06. The molecule has 0 aliphatic heterocycles. The van der Waals surface area contributed by atoms with E-state index in [-0.39, 0.29) is 16.9 Å². The van der Waals surface area contributed by atoms with Crippen LogP contribution in [0.2, 0.25) is 0 Å². The number of hydrogen-bond donors (Lipinski definition) is 2. The minimum Gasteiger partial charge on any atom is -0.374 e. The maximum absolute atomic E-state index is 12.1. The average Bonchev–Trinajstić information content (AvgIpc) is 2.48. The van der Waals surface area contributed by atoms with E-state index in [1.54, 1.807) is 18.2 Å². The number of hydrogen-bond acceptors (Lipinski definition) is 4. The predicted octanol–water partition coefficient (Wildman–Crippen LogP) is 1.56. The molecule has 7 heteroatoms. The van der Waals surface area contributed by atoms with Gasteiger partial charge in [-0.25, -0.2) is 13.6 Å². The summed E-state index contributed by atoms with van der Waals surface area (Å²) in [7, 11) is -3.80. The van der Waals surface area contributed by atoms with Gasteiger partial charge in [-0.15, -0.1) is 0 Å². The highest BCUT2D eigenvalue weighted by Gasteiger charge is 2.15. The molecule has 2 rings (SSSR count). The molecule has 0 saturated carbocycles. The van der Waals surface area contributed by atoms with Crippen LogP contribution in [0.3, 0.4) is 0 Å². The summed E-state index contributed by atoms with van der Waals surface area (Å²) < 4.78 is 28.0. The molecular formula is C15H18N2O4S. The van der Waals surface area contributed by atoms with E-state index < -0.39 is 10.0 Å². The average molecular weight is 322 g/mol. The lowest BCUT2D eigenvalue weighted by Gasteiger charge is -2.16. The molecular weight excluding hydrogens is 304 g/mol. The number of ether oxygens (including phenoxy) is 1. The number of carbonyl (C=O) groups is 1. The molecule has 0 bridgehead atoms. The van der Waals surface area contributed by atoms with Crippen LogP contribution in [-0.2, 0) is 19.6 Å². The Bertz CT molecular complexity index is 723. The largest absolute Gasteiger partial charge is 0.374 e. The third kappa shape index (κ3) is 4.27. The number of primary sulfonamides is 1. The van der Waals surface area contributed by atoms with Crippen LogP contribution in [0.15, 0.2) is 53.0 Å². The summed E-state index contributed by atoms with van der Waals surface area (Å²) >= 11 is 0. The lowest BCUT2D eigenvalue weighted by Crippen LogP contribution is -2.18. The van der Waals surface area contributed by atoms with Crippen molar-refractivity contribution in [2.75, 3.05) is 11.9 Å². The first-order chi connectivity index (χ1) is 10.4. The number of anilines is 1. The molecule has 118 valence electrons. The molecule has 1 unspecified atom stereocenters. The zero-order valence-corrected chi connectivity index (χ0v) is 13.0. The van der Waals surface area contributed by atoms with Gasteiger partial charge in [0.25, 0.3) is 5.91 Å². The van der Waals surface area contributed by atoms with Crippen LogP contribution in [0.25, 0.3) is 0 Å². The first-order valence-electron chi connectivity index (χ1n) is 6.84. The highest BCUT2D eigenvalue weighted by molar-refractivity contribution is 7.89. The summed E-state index contributed by atoms with van der Waals surface area (Å²) in [5.74, 6) is -0.308.